The molecular formula is C28H29N5O6S. The maximum Gasteiger partial charge on any atom is 0.343 e. The van der Waals surface area contributed by atoms with Crippen molar-refractivity contribution < 1.29 is 27.4 Å². The first kappa shape index (κ1) is 27.5. The Morgan fingerprint density at radius 3 is 2.52 bits per heavy atom. The zero-order valence-electron chi connectivity index (χ0n) is 22.1. The van der Waals surface area contributed by atoms with Crippen LogP contribution in [0.3, 0.4) is 0 Å². The Morgan fingerprint density at radius 1 is 1.02 bits per heavy atom. The average Bonchev–Trinajstić information content (AvgIpc) is 3.24. The number of nitrogens with zero attached hydrogens (tertiary/aromatic N) is 5. The van der Waals surface area contributed by atoms with Gasteiger partial charge in [0.1, 0.15) is 11.9 Å². The van der Waals surface area contributed by atoms with Crippen LogP contribution in [0.1, 0.15) is 46.8 Å². The van der Waals surface area contributed by atoms with Gasteiger partial charge in [-0.05, 0) is 60.9 Å². The number of aromatic nitrogens is 3. The fourth-order valence-electron chi connectivity index (χ4n) is 4.71. The summed E-state index contributed by atoms with van der Waals surface area (Å²) in [6, 6.07) is 12.8. The van der Waals surface area contributed by atoms with E-state index in [2.05, 4.69) is 16.3 Å². The van der Waals surface area contributed by atoms with E-state index >= 15 is 0 Å². The highest BCUT2D eigenvalue weighted by atomic mass is 32.2. The number of carbonyl (C=O) groups excluding carboxylic acids is 1. The van der Waals surface area contributed by atoms with E-state index in [9.17, 15) is 18.5 Å². The van der Waals surface area contributed by atoms with Gasteiger partial charge in [-0.15, -0.1) is 10.2 Å². The van der Waals surface area contributed by atoms with Crippen molar-refractivity contribution in [3.8, 4) is 17.6 Å². The van der Waals surface area contributed by atoms with Crippen molar-refractivity contribution in [3.63, 3.8) is 0 Å². The molecule has 0 radical (unpaired) electrons. The zero-order valence-corrected chi connectivity index (χ0v) is 22.9. The van der Waals surface area contributed by atoms with Crippen LogP contribution in [0.15, 0.2) is 47.4 Å². The van der Waals surface area contributed by atoms with Crippen molar-refractivity contribution in [2.75, 3.05) is 33.4 Å². The molecule has 12 heteroatoms. The summed E-state index contributed by atoms with van der Waals surface area (Å²) in [6.07, 6.45) is 5.72. The molecule has 0 atom stereocenters. The van der Waals surface area contributed by atoms with Gasteiger partial charge in [-0.25, -0.2) is 13.2 Å². The molecule has 0 N–H and O–H groups in total. The zero-order chi connectivity index (χ0) is 28.1. The number of fused-ring (bicyclic) bond motifs is 1. The lowest BCUT2D eigenvalue weighted by atomic mass is 10.1. The maximum absolute atomic E-state index is 12.8. The number of allylic oxidation sites excluding steroid dienone is 1. The smallest absolute Gasteiger partial charge is 0.343 e. The number of carbonyl (C=O) groups is 1. The highest BCUT2D eigenvalue weighted by Crippen LogP contribution is 2.31. The second-order valence-electron chi connectivity index (χ2n) is 9.41. The van der Waals surface area contributed by atoms with Crippen molar-refractivity contribution in [2.24, 2.45) is 0 Å². The number of sulfonamides is 1. The summed E-state index contributed by atoms with van der Waals surface area (Å²) >= 11 is 0. The monoisotopic (exact) mass is 563 g/mol. The minimum absolute atomic E-state index is 0.0949. The summed E-state index contributed by atoms with van der Waals surface area (Å²) in [5.41, 5.74) is 1.22. The maximum atomic E-state index is 12.8. The molecule has 1 aromatic heterocycles. The molecule has 40 heavy (non-hydrogen) atoms. The second kappa shape index (κ2) is 12.0. The molecule has 2 aromatic carbocycles. The molecule has 0 spiro atoms. The molecule has 5 rings (SSSR count). The molecule has 1 fully saturated rings. The summed E-state index contributed by atoms with van der Waals surface area (Å²) < 4.78 is 45.3. The van der Waals surface area contributed by atoms with E-state index in [1.54, 1.807) is 24.3 Å². The Kier molecular flexibility index (Phi) is 8.25. The van der Waals surface area contributed by atoms with Crippen LogP contribution in [0.2, 0.25) is 0 Å². The quantitative estimate of drug-likeness (QED) is 0.241. The molecule has 1 saturated heterocycles. The Bertz CT molecular complexity index is 1570. The van der Waals surface area contributed by atoms with Gasteiger partial charge in [0.05, 0.1) is 36.4 Å². The van der Waals surface area contributed by atoms with Crippen LogP contribution in [-0.4, -0.2) is 66.9 Å². The molecule has 0 amide bonds. The van der Waals surface area contributed by atoms with E-state index in [4.69, 9.17) is 14.2 Å². The molecule has 0 saturated carbocycles. The number of hydrogen-bond donors (Lipinski definition) is 0. The van der Waals surface area contributed by atoms with Crippen LogP contribution >= 0.6 is 0 Å². The number of rotatable bonds is 7. The fourth-order valence-corrected chi connectivity index (χ4v) is 6.12. The lowest BCUT2D eigenvalue weighted by Crippen LogP contribution is -2.40. The average molecular weight is 564 g/mol. The van der Waals surface area contributed by atoms with E-state index in [0.29, 0.717) is 35.9 Å². The van der Waals surface area contributed by atoms with Crippen LogP contribution in [0.5, 0.6) is 11.5 Å². The summed E-state index contributed by atoms with van der Waals surface area (Å²) in [4.78, 5) is 12.9. The van der Waals surface area contributed by atoms with Crippen LogP contribution in [0.4, 0.5) is 0 Å². The van der Waals surface area contributed by atoms with E-state index in [1.807, 2.05) is 4.57 Å². The Morgan fingerprint density at radius 2 is 1.80 bits per heavy atom. The van der Waals surface area contributed by atoms with Gasteiger partial charge in [0.25, 0.3) is 0 Å². The molecule has 0 unspecified atom stereocenters. The molecular weight excluding hydrogens is 534 g/mol. The molecule has 11 nitrogen and oxygen atoms in total. The van der Waals surface area contributed by atoms with Crippen molar-refractivity contribution in [2.45, 2.75) is 37.1 Å². The first-order chi connectivity index (χ1) is 19.4. The van der Waals surface area contributed by atoms with E-state index in [0.717, 1.165) is 38.1 Å². The molecule has 0 bridgehead atoms. The van der Waals surface area contributed by atoms with Gasteiger partial charge in [0, 0.05) is 26.1 Å². The van der Waals surface area contributed by atoms with Gasteiger partial charge >= 0.3 is 5.97 Å². The number of methoxy groups -OCH3 is 1. The molecule has 3 aromatic rings. The third kappa shape index (κ3) is 5.77. The molecule has 208 valence electrons. The molecule has 0 aliphatic carbocycles. The van der Waals surface area contributed by atoms with Gasteiger partial charge in [0.2, 0.25) is 10.0 Å². The van der Waals surface area contributed by atoms with Crippen molar-refractivity contribution in [1.29, 1.82) is 5.26 Å². The van der Waals surface area contributed by atoms with Crippen molar-refractivity contribution >= 4 is 27.6 Å². The number of benzene rings is 2. The van der Waals surface area contributed by atoms with E-state index in [1.165, 1.54) is 35.7 Å². The number of ether oxygens (including phenoxy) is 3. The third-order valence-electron chi connectivity index (χ3n) is 6.87. The van der Waals surface area contributed by atoms with Gasteiger partial charge in [-0.3, -0.25) is 0 Å². The first-order valence-corrected chi connectivity index (χ1v) is 14.5. The Hall–Kier alpha value is -4.05. The Labute approximate surface area is 232 Å². The van der Waals surface area contributed by atoms with Gasteiger partial charge in [0.15, 0.2) is 17.3 Å². The highest BCUT2D eigenvalue weighted by Gasteiger charge is 2.26. The van der Waals surface area contributed by atoms with Crippen molar-refractivity contribution in [3.05, 3.63) is 65.2 Å². The minimum Gasteiger partial charge on any atom is -0.493 e. The largest absolute Gasteiger partial charge is 0.493 e. The fraction of sp³-hybridized carbons (Fsp3) is 0.357. The summed E-state index contributed by atoms with van der Waals surface area (Å²) in [6.45, 7) is 2.04. The van der Waals surface area contributed by atoms with Gasteiger partial charge < -0.3 is 18.8 Å². The Balaban J connectivity index is 1.32. The molecule has 3 heterocycles. The van der Waals surface area contributed by atoms with Crippen molar-refractivity contribution in [1.82, 2.24) is 19.1 Å². The van der Waals surface area contributed by atoms with Crippen LogP contribution in [-0.2, 0) is 27.7 Å². The summed E-state index contributed by atoms with van der Waals surface area (Å²) in [5.74, 6) is 1.24. The standard InChI is InChI=1S/C28H29N5O6S/c1-37-25-18-20(17-22(19-29)27-31-30-26-5-3-2-4-12-33(26)27)6-11-24(25)39-28(34)21-7-9-23(10-8-21)40(35,36)32-13-15-38-16-14-32/h6-11,17-18H,2-5,12-16H2,1H3. The predicted molar refractivity (Wildman–Crippen MR) is 145 cm³/mol. The summed E-state index contributed by atoms with van der Waals surface area (Å²) in [5, 5.41) is 18.4. The number of nitriles is 1. The number of hydrogen-bond acceptors (Lipinski definition) is 9. The number of esters is 1. The number of aryl methyl sites for hydroxylation is 1. The second-order valence-corrected chi connectivity index (χ2v) is 11.4. The summed E-state index contributed by atoms with van der Waals surface area (Å²) in [7, 11) is -2.22. The van der Waals surface area contributed by atoms with Gasteiger partial charge in [-0.2, -0.15) is 9.57 Å². The van der Waals surface area contributed by atoms with E-state index < -0.39 is 16.0 Å². The normalized spacial score (nSPS) is 16.4. The van der Waals surface area contributed by atoms with Crippen LogP contribution in [0, 0.1) is 11.3 Å². The number of morpholine rings is 1. The molecule has 2 aliphatic rings. The third-order valence-corrected chi connectivity index (χ3v) is 8.78. The van der Waals surface area contributed by atoms with Gasteiger partial charge in [-0.1, -0.05) is 12.5 Å². The minimum atomic E-state index is -3.67. The molecule has 2 aliphatic heterocycles. The lowest BCUT2D eigenvalue weighted by Gasteiger charge is -2.26. The van der Waals surface area contributed by atoms with E-state index in [-0.39, 0.29) is 29.3 Å². The SMILES string of the molecule is COc1cc(C=C(C#N)c2nnc3n2CCCCC3)ccc1OC(=O)c1ccc(S(=O)(=O)N2CCOCC2)cc1. The topological polar surface area (TPSA) is 137 Å². The highest BCUT2D eigenvalue weighted by molar-refractivity contribution is 7.89. The first-order valence-electron chi connectivity index (χ1n) is 13.0. The predicted octanol–water partition coefficient (Wildman–Crippen LogP) is 3.32. The van der Waals surface area contributed by atoms with Crippen LogP contribution in [0.25, 0.3) is 11.6 Å². The van der Waals surface area contributed by atoms with Crippen LogP contribution < -0.4 is 9.47 Å². The lowest BCUT2D eigenvalue weighted by molar-refractivity contribution is 0.0729.